The monoisotopic (exact) mass is 245 g/mol. The molecule has 3 nitrogen and oxygen atoms in total. The van der Waals surface area contributed by atoms with E-state index in [-0.39, 0.29) is 0 Å². The number of benzene rings is 1. The summed E-state index contributed by atoms with van der Waals surface area (Å²) >= 11 is 0. The molecular weight excluding hydrogens is 226 g/mol. The molecular formula is C15H19NO2. The van der Waals surface area contributed by atoms with E-state index in [2.05, 4.69) is 11.0 Å². The first-order valence-electron chi connectivity index (χ1n) is 6.84. The minimum Gasteiger partial charge on any atom is -0.478 e. The Morgan fingerprint density at radius 1 is 1.28 bits per heavy atom. The van der Waals surface area contributed by atoms with Crippen LogP contribution in [0.5, 0.6) is 0 Å². The molecule has 1 aromatic rings. The fraction of sp³-hybridized carbons (Fsp3) is 0.533. The van der Waals surface area contributed by atoms with Crippen LogP contribution in [0.15, 0.2) is 18.2 Å². The highest BCUT2D eigenvalue weighted by atomic mass is 16.4. The van der Waals surface area contributed by atoms with Crippen LogP contribution in [0.3, 0.4) is 0 Å². The first-order valence-corrected chi connectivity index (χ1v) is 6.84. The predicted octanol–water partition coefficient (Wildman–Crippen LogP) is 2.69. The van der Waals surface area contributed by atoms with Gasteiger partial charge in [-0.25, -0.2) is 4.79 Å². The minimum absolute atomic E-state index is 0.499. The highest BCUT2D eigenvalue weighted by Gasteiger charge is 2.27. The van der Waals surface area contributed by atoms with Gasteiger partial charge in [0, 0.05) is 19.1 Å². The second-order valence-electron chi connectivity index (χ2n) is 5.41. The van der Waals surface area contributed by atoms with Gasteiger partial charge >= 0.3 is 5.97 Å². The summed E-state index contributed by atoms with van der Waals surface area (Å²) in [5, 5.41) is 9.20. The van der Waals surface area contributed by atoms with Crippen molar-refractivity contribution in [1.82, 2.24) is 4.90 Å². The summed E-state index contributed by atoms with van der Waals surface area (Å²) in [6.07, 6.45) is 6.21. The third-order valence-electron chi connectivity index (χ3n) is 4.37. The second-order valence-corrected chi connectivity index (χ2v) is 5.41. The van der Waals surface area contributed by atoms with Crippen LogP contribution in [0.25, 0.3) is 0 Å². The van der Waals surface area contributed by atoms with E-state index >= 15 is 0 Å². The standard InChI is InChI=1S/C15H19NO2/c17-15(18)14-7-3-4-11-10-16(9-8-13(11)14)12-5-1-2-6-12/h3-4,7,12H,1-2,5-6,8-10H2,(H,17,18). The highest BCUT2D eigenvalue weighted by Crippen LogP contribution is 2.29. The van der Waals surface area contributed by atoms with Crippen LogP contribution in [-0.4, -0.2) is 28.6 Å². The molecule has 96 valence electrons. The molecule has 3 rings (SSSR count). The van der Waals surface area contributed by atoms with E-state index in [9.17, 15) is 9.90 Å². The Hall–Kier alpha value is -1.35. The van der Waals surface area contributed by atoms with Crippen molar-refractivity contribution in [3.8, 4) is 0 Å². The number of rotatable bonds is 2. The van der Waals surface area contributed by atoms with Crippen LogP contribution in [0.2, 0.25) is 0 Å². The SMILES string of the molecule is O=C(O)c1cccc2c1CCN(C1CCCC1)C2. The number of carboxylic acids is 1. The third-order valence-corrected chi connectivity index (χ3v) is 4.37. The Kier molecular flexibility index (Phi) is 3.08. The number of aromatic carboxylic acids is 1. The molecule has 0 radical (unpaired) electrons. The lowest BCUT2D eigenvalue weighted by Gasteiger charge is -2.34. The Morgan fingerprint density at radius 2 is 2.06 bits per heavy atom. The summed E-state index contributed by atoms with van der Waals surface area (Å²) in [4.78, 5) is 13.7. The van der Waals surface area contributed by atoms with E-state index in [1.165, 1.54) is 31.2 Å². The minimum atomic E-state index is -0.791. The quantitative estimate of drug-likeness (QED) is 0.871. The second kappa shape index (κ2) is 4.73. The molecule has 1 heterocycles. The van der Waals surface area contributed by atoms with Gasteiger partial charge in [-0.1, -0.05) is 25.0 Å². The lowest BCUT2D eigenvalue weighted by Crippen LogP contribution is -2.38. The Labute approximate surface area is 107 Å². The smallest absolute Gasteiger partial charge is 0.335 e. The average Bonchev–Trinajstić information content (AvgIpc) is 2.91. The van der Waals surface area contributed by atoms with Crippen molar-refractivity contribution in [2.45, 2.75) is 44.7 Å². The maximum atomic E-state index is 11.2. The number of nitrogens with zero attached hydrogens (tertiary/aromatic N) is 1. The highest BCUT2D eigenvalue weighted by molar-refractivity contribution is 5.89. The molecule has 0 amide bonds. The Balaban J connectivity index is 1.84. The third kappa shape index (κ3) is 2.03. The van der Waals surface area contributed by atoms with Crippen molar-refractivity contribution < 1.29 is 9.90 Å². The van der Waals surface area contributed by atoms with Crippen LogP contribution in [0.4, 0.5) is 0 Å². The number of carboxylic acid groups (broad SMARTS) is 1. The topological polar surface area (TPSA) is 40.5 Å². The van der Waals surface area contributed by atoms with E-state index in [1.54, 1.807) is 6.07 Å². The van der Waals surface area contributed by atoms with Gasteiger partial charge in [0.05, 0.1) is 5.56 Å². The van der Waals surface area contributed by atoms with Gasteiger partial charge in [-0.05, 0) is 36.5 Å². The summed E-state index contributed by atoms with van der Waals surface area (Å²) in [5.41, 5.74) is 2.77. The zero-order valence-electron chi connectivity index (χ0n) is 10.6. The van der Waals surface area contributed by atoms with E-state index in [0.717, 1.165) is 31.1 Å². The average molecular weight is 245 g/mol. The fourth-order valence-corrected chi connectivity index (χ4v) is 3.41. The van der Waals surface area contributed by atoms with E-state index in [1.807, 2.05) is 6.07 Å². The fourth-order valence-electron chi connectivity index (χ4n) is 3.41. The van der Waals surface area contributed by atoms with Gasteiger partial charge in [-0.2, -0.15) is 0 Å². The predicted molar refractivity (Wildman–Crippen MR) is 69.8 cm³/mol. The van der Waals surface area contributed by atoms with Gasteiger partial charge in [-0.15, -0.1) is 0 Å². The van der Waals surface area contributed by atoms with Gasteiger partial charge in [-0.3, -0.25) is 4.90 Å². The molecule has 1 fully saturated rings. The molecule has 0 spiro atoms. The molecule has 1 aliphatic heterocycles. The molecule has 0 bridgehead atoms. The number of hydrogen-bond acceptors (Lipinski definition) is 2. The van der Waals surface area contributed by atoms with Crippen molar-refractivity contribution in [3.63, 3.8) is 0 Å². The van der Waals surface area contributed by atoms with Gasteiger partial charge in [0.25, 0.3) is 0 Å². The van der Waals surface area contributed by atoms with Crippen molar-refractivity contribution in [3.05, 3.63) is 34.9 Å². The van der Waals surface area contributed by atoms with Crippen LogP contribution in [-0.2, 0) is 13.0 Å². The molecule has 1 saturated carbocycles. The number of hydrogen-bond donors (Lipinski definition) is 1. The molecule has 1 aliphatic carbocycles. The molecule has 0 unspecified atom stereocenters. The van der Waals surface area contributed by atoms with E-state index < -0.39 is 5.97 Å². The van der Waals surface area contributed by atoms with Gasteiger partial charge in [0.2, 0.25) is 0 Å². The van der Waals surface area contributed by atoms with E-state index in [0.29, 0.717) is 5.56 Å². The lowest BCUT2D eigenvalue weighted by molar-refractivity contribution is 0.0694. The molecule has 1 N–H and O–H groups in total. The molecule has 2 aliphatic rings. The maximum absolute atomic E-state index is 11.2. The maximum Gasteiger partial charge on any atom is 0.335 e. The molecule has 1 aromatic carbocycles. The van der Waals surface area contributed by atoms with Crippen LogP contribution >= 0.6 is 0 Å². The first-order chi connectivity index (χ1) is 8.75. The van der Waals surface area contributed by atoms with Crippen LogP contribution in [0.1, 0.15) is 47.2 Å². The van der Waals surface area contributed by atoms with Gasteiger partial charge in [0.15, 0.2) is 0 Å². The molecule has 0 aromatic heterocycles. The molecule has 3 heteroatoms. The normalized spacial score (nSPS) is 20.9. The summed E-state index contributed by atoms with van der Waals surface area (Å²) in [6, 6.07) is 6.42. The zero-order chi connectivity index (χ0) is 12.5. The van der Waals surface area contributed by atoms with Crippen molar-refractivity contribution >= 4 is 5.97 Å². The molecule has 0 saturated heterocycles. The van der Waals surface area contributed by atoms with Crippen molar-refractivity contribution in [1.29, 1.82) is 0 Å². The number of fused-ring (bicyclic) bond motifs is 1. The lowest BCUT2D eigenvalue weighted by atomic mass is 9.93. The van der Waals surface area contributed by atoms with Crippen LogP contribution < -0.4 is 0 Å². The van der Waals surface area contributed by atoms with Crippen molar-refractivity contribution in [2.75, 3.05) is 6.54 Å². The molecule has 0 atom stereocenters. The molecule has 18 heavy (non-hydrogen) atoms. The van der Waals surface area contributed by atoms with Crippen LogP contribution in [0, 0.1) is 0 Å². The zero-order valence-corrected chi connectivity index (χ0v) is 10.6. The summed E-state index contributed by atoms with van der Waals surface area (Å²) < 4.78 is 0. The van der Waals surface area contributed by atoms with E-state index in [4.69, 9.17) is 0 Å². The summed E-state index contributed by atoms with van der Waals surface area (Å²) in [7, 11) is 0. The Bertz CT molecular complexity index is 464. The summed E-state index contributed by atoms with van der Waals surface area (Å²) in [6.45, 7) is 1.95. The van der Waals surface area contributed by atoms with Gasteiger partial charge in [0.1, 0.15) is 0 Å². The van der Waals surface area contributed by atoms with Gasteiger partial charge < -0.3 is 5.11 Å². The summed E-state index contributed by atoms with van der Waals surface area (Å²) in [5.74, 6) is -0.791. The Morgan fingerprint density at radius 3 is 2.78 bits per heavy atom. The van der Waals surface area contributed by atoms with Crippen molar-refractivity contribution in [2.24, 2.45) is 0 Å². The number of carbonyl (C=O) groups is 1. The largest absolute Gasteiger partial charge is 0.478 e. The first kappa shape index (κ1) is 11.7.